The number of rotatable bonds is 1. The molecule has 0 unspecified atom stereocenters. The van der Waals surface area contributed by atoms with Crippen LogP contribution >= 0.6 is 11.3 Å². The lowest BCUT2D eigenvalue weighted by Gasteiger charge is -2.27. The number of thiophene rings is 1. The maximum absolute atomic E-state index is 6.13. The lowest BCUT2D eigenvalue weighted by atomic mass is 9.84. The maximum atomic E-state index is 6.13. The van der Waals surface area contributed by atoms with Crippen molar-refractivity contribution in [1.29, 1.82) is 0 Å². The van der Waals surface area contributed by atoms with E-state index in [0.29, 0.717) is 12.0 Å². The number of hydrogen-bond acceptors (Lipinski definition) is 2. The molecule has 13 heavy (non-hydrogen) atoms. The first-order chi connectivity index (χ1) is 6.27. The Kier molecular flexibility index (Phi) is 2.70. The average Bonchev–Trinajstić information content (AvgIpc) is 2.53. The molecular formula is C11H17NS. The predicted octanol–water partition coefficient (Wildman–Crippen LogP) is 3.04. The van der Waals surface area contributed by atoms with Gasteiger partial charge in [-0.25, -0.2) is 0 Å². The summed E-state index contributed by atoms with van der Waals surface area (Å²) in [4.78, 5) is 2.91. The highest BCUT2D eigenvalue weighted by Gasteiger charge is 2.24. The van der Waals surface area contributed by atoms with Crippen molar-refractivity contribution in [2.75, 3.05) is 0 Å². The molecule has 1 aliphatic carbocycles. The van der Waals surface area contributed by atoms with E-state index in [4.69, 9.17) is 5.73 Å². The molecule has 1 aliphatic rings. The van der Waals surface area contributed by atoms with Gasteiger partial charge in [0.05, 0.1) is 0 Å². The van der Waals surface area contributed by atoms with Gasteiger partial charge >= 0.3 is 0 Å². The Morgan fingerprint density at radius 2 is 2.08 bits per heavy atom. The van der Waals surface area contributed by atoms with Gasteiger partial charge in [0.15, 0.2) is 0 Å². The van der Waals surface area contributed by atoms with Crippen LogP contribution in [0, 0.1) is 6.92 Å². The van der Waals surface area contributed by atoms with E-state index in [1.54, 1.807) is 0 Å². The largest absolute Gasteiger partial charge is 0.327 e. The summed E-state index contributed by atoms with van der Waals surface area (Å²) in [6, 6.07) is 4.88. The van der Waals surface area contributed by atoms with Crippen LogP contribution in [-0.2, 0) is 0 Å². The molecule has 0 bridgehead atoms. The second kappa shape index (κ2) is 3.81. The fourth-order valence-corrected chi connectivity index (χ4v) is 3.25. The topological polar surface area (TPSA) is 26.0 Å². The molecular weight excluding hydrogens is 178 g/mol. The van der Waals surface area contributed by atoms with Gasteiger partial charge in [0, 0.05) is 21.7 Å². The van der Waals surface area contributed by atoms with E-state index in [0.717, 1.165) is 0 Å². The van der Waals surface area contributed by atoms with Crippen molar-refractivity contribution in [3.63, 3.8) is 0 Å². The molecule has 0 saturated heterocycles. The molecule has 1 aromatic heterocycles. The average molecular weight is 195 g/mol. The minimum Gasteiger partial charge on any atom is -0.327 e. The van der Waals surface area contributed by atoms with Gasteiger partial charge < -0.3 is 5.73 Å². The third-order valence-electron chi connectivity index (χ3n) is 2.95. The molecule has 1 heterocycles. The van der Waals surface area contributed by atoms with E-state index in [1.807, 2.05) is 11.3 Å². The third kappa shape index (κ3) is 1.94. The van der Waals surface area contributed by atoms with Gasteiger partial charge in [-0.3, -0.25) is 0 Å². The summed E-state index contributed by atoms with van der Waals surface area (Å²) in [5.41, 5.74) is 6.13. The van der Waals surface area contributed by atoms with Crippen LogP contribution in [0.4, 0.5) is 0 Å². The van der Waals surface area contributed by atoms with Crippen LogP contribution in [0.2, 0.25) is 0 Å². The zero-order valence-corrected chi connectivity index (χ0v) is 8.94. The Morgan fingerprint density at radius 1 is 1.31 bits per heavy atom. The van der Waals surface area contributed by atoms with Crippen molar-refractivity contribution >= 4 is 11.3 Å². The van der Waals surface area contributed by atoms with Gasteiger partial charge in [-0.15, -0.1) is 11.3 Å². The fourth-order valence-electron chi connectivity index (χ4n) is 2.17. The summed E-state index contributed by atoms with van der Waals surface area (Å²) < 4.78 is 0. The van der Waals surface area contributed by atoms with Crippen molar-refractivity contribution in [3.8, 4) is 0 Å². The summed E-state index contributed by atoms with van der Waals surface area (Å²) in [6.45, 7) is 2.17. The van der Waals surface area contributed by atoms with Crippen LogP contribution in [0.25, 0.3) is 0 Å². The van der Waals surface area contributed by atoms with Crippen molar-refractivity contribution in [2.45, 2.75) is 44.6 Å². The lowest BCUT2D eigenvalue weighted by Crippen LogP contribution is -2.30. The molecule has 0 aromatic carbocycles. The summed E-state index contributed by atoms with van der Waals surface area (Å²) in [5.74, 6) is 0.646. The van der Waals surface area contributed by atoms with E-state index in [9.17, 15) is 0 Å². The molecule has 0 aliphatic heterocycles. The Morgan fingerprint density at radius 3 is 2.69 bits per heavy atom. The van der Waals surface area contributed by atoms with E-state index in [2.05, 4.69) is 19.1 Å². The molecule has 1 nitrogen and oxygen atoms in total. The highest BCUT2D eigenvalue weighted by molar-refractivity contribution is 7.12. The Bertz CT molecular complexity index is 279. The second-order valence-electron chi connectivity index (χ2n) is 4.00. The molecule has 0 radical (unpaired) electrons. The smallest absolute Gasteiger partial charge is 0.0116 e. The van der Waals surface area contributed by atoms with Gasteiger partial charge in [0.1, 0.15) is 0 Å². The van der Waals surface area contributed by atoms with Crippen LogP contribution in [0.1, 0.15) is 41.4 Å². The van der Waals surface area contributed by atoms with Gasteiger partial charge in [0.2, 0.25) is 0 Å². The van der Waals surface area contributed by atoms with E-state index < -0.39 is 0 Å². The van der Waals surface area contributed by atoms with Crippen molar-refractivity contribution in [3.05, 3.63) is 21.9 Å². The number of hydrogen-bond donors (Lipinski definition) is 1. The molecule has 2 N–H and O–H groups in total. The Balaban J connectivity index is 2.14. The first-order valence-corrected chi connectivity index (χ1v) is 5.91. The van der Waals surface area contributed by atoms with E-state index >= 15 is 0 Å². The highest BCUT2D eigenvalue weighted by atomic mass is 32.1. The Labute approximate surface area is 84.0 Å². The lowest BCUT2D eigenvalue weighted by molar-refractivity contribution is 0.389. The summed E-state index contributed by atoms with van der Waals surface area (Å²) in [6.07, 6.45) is 5.18. The molecule has 1 fully saturated rings. The normalized spacial score (nSPS) is 29.1. The molecule has 2 heteroatoms. The van der Waals surface area contributed by atoms with Gasteiger partial charge in [0.25, 0.3) is 0 Å². The molecule has 1 aromatic rings. The molecule has 2 atom stereocenters. The van der Waals surface area contributed by atoms with Crippen molar-refractivity contribution < 1.29 is 0 Å². The summed E-state index contributed by atoms with van der Waals surface area (Å²) in [5, 5.41) is 0. The van der Waals surface area contributed by atoms with Crippen molar-refractivity contribution in [1.82, 2.24) is 0 Å². The minimum atomic E-state index is 0.409. The van der Waals surface area contributed by atoms with Gasteiger partial charge in [-0.05, 0) is 31.9 Å². The van der Waals surface area contributed by atoms with Crippen LogP contribution in [0.15, 0.2) is 12.1 Å². The number of aryl methyl sites for hydroxylation is 1. The molecule has 0 amide bonds. The first-order valence-electron chi connectivity index (χ1n) is 5.09. The standard InChI is InChI=1S/C11H17NS/c1-8-6-7-11(13-8)9-4-2-3-5-10(9)12/h6-7,9-10H,2-5,12H2,1H3/t9-,10-/m1/s1. The van der Waals surface area contributed by atoms with Crippen LogP contribution in [-0.4, -0.2) is 6.04 Å². The van der Waals surface area contributed by atoms with Crippen LogP contribution in [0.3, 0.4) is 0 Å². The Hall–Kier alpha value is -0.340. The van der Waals surface area contributed by atoms with Gasteiger partial charge in [-0.2, -0.15) is 0 Å². The van der Waals surface area contributed by atoms with E-state index in [-0.39, 0.29) is 0 Å². The van der Waals surface area contributed by atoms with Crippen LogP contribution in [0.5, 0.6) is 0 Å². The maximum Gasteiger partial charge on any atom is 0.0116 e. The molecule has 72 valence electrons. The number of nitrogens with two attached hydrogens (primary N) is 1. The monoisotopic (exact) mass is 195 g/mol. The molecule has 1 saturated carbocycles. The predicted molar refractivity (Wildman–Crippen MR) is 58.2 cm³/mol. The zero-order chi connectivity index (χ0) is 9.26. The third-order valence-corrected chi connectivity index (χ3v) is 4.08. The summed E-state index contributed by atoms with van der Waals surface area (Å²) >= 11 is 1.92. The highest BCUT2D eigenvalue weighted by Crippen LogP contribution is 2.35. The SMILES string of the molecule is Cc1ccc([C@@H]2CCCC[C@H]2N)s1. The summed E-state index contributed by atoms with van der Waals surface area (Å²) in [7, 11) is 0. The molecule has 2 rings (SSSR count). The minimum absolute atomic E-state index is 0.409. The van der Waals surface area contributed by atoms with E-state index in [1.165, 1.54) is 35.4 Å². The second-order valence-corrected chi connectivity index (χ2v) is 5.32. The van der Waals surface area contributed by atoms with Crippen molar-refractivity contribution in [2.24, 2.45) is 5.73 Å². The van der Waals surface area contributed by atoms with Gasteiger partial charge in [-0.1, -0.05) is 12.8 Å². The fraction of sp³-hybridized carbons (Fsp3) is 0.636. The quantitative estimate of drug-likeness (QED) is 0.732. The van der Waals surface area contributed by atoms with Crippen LogP contribution < -0.4 is 5.73 Å². The first kappa shape index (κ1) is 9.22. The molecule has 0 spiro atoms. The zero-order valence-electron chi connectivity index (χ0n) is 8.12.